The second-order valence-electron chi connectivity index (χ2n) is 3.72. The zero-order valence-corrected chi connectivity index (χ0v) is 10.8. The SMILES string of the molecule is CCN1C(=O)SC(=CC=Cc2ccccc2)C1=O. The van der Waals surface area contributed by atoms with Gasteiger partial charge in [-0.2, -0.15) is 0 Å². The molecular weight excluding hydrogens is 246 g/mol. The highest BCUT2D eigenvalue weighted by molar-refractivity contribution is 8.18. The molecule has 0 aliphatic carbocycles. The molecule has 0 N–H and O–H groups in total. The Morgan fingerprint density at radius 2 is 1.94 bits per heavy atom. The van der Waals surface area contributed by atoms with E-state index >= 15 is 0 Å². The maximum atomic E-state index is 11.8. The van der Waals surface area contributed by atoms with E-state index in [0.717, 1.165) is 17.3 Å². The summed E-state index contributed by atoms with van der Waals surface area (Å²) < 4.78 is 0. The van der Waals surface area contributed by atoms with Gasteiger partial charge in [0, 0.05) is 6.54 Å². The van der Waals surface area contributed by atoms with Crippen LogP contribution in [0.15, 0.2) is 47.4 Å². The third-order valence-electron chi connectivity index (χ3n) is 2.53. The van der Waals surface area contributed by atoms with Gasteiger partial charge in [-0.3, -0.25) is 14.5 Å². The molecule has 1 aromatic carbocycles. The fourth-order valence-electron chi connectivity index (χ4n) is 1.60. The number of rotatable bonds is 3. The minimum Gasteiger partial charge on any atom is -0.269 e. The molecule has 1 aromatic rings. The smallest absolute Gasteiger partial charge is 0.269 e. The highest BCUT2D eigenvalue weighted by Gasteiger charge is 2.33. The number of carbonyl (C=O) groups excluding carboxylic acids is 2. The molecule has 1 aliphatic rings. The van der Waals surface area contributed by atoms with E-state index in [-0.39, 0.29) is 11.1 Å². The van der Waals surface area contributed by atoms with E-state index in [2.05, 4.69) is 0 Å². The monoisotopic (exact) mass is 259 g/mol. The predicted octanol–water partition coefficient (Wildman–Crippen LogP) is 3.30. The largest absolute Gasteiger partial charge is 0.293 e. The molecule has 0 unspecified atom stereocenters. The first kappa shape index (κ1) is 12.6. The summed E-state index contributed by atoms with van der Waals surface area (Å²) in [6.45, 7) is 2.21. The van der Waals surface area contributed by atoms with Gasteiger partial charge in [0.1, 0.15) is 0 Å². The number of thioether (sulfide) groups is 1. The van der Waals surface area contributed by atoms with Crippen molar-refractivity contribution in [3.05, 3.63) is 53.0 Å². The lowest BCUT2D eigenvalue weighted by Gasteiger charge is -2.06. The number of likely N-dealkylation sites (N-methyl/N-ethyl adjacent to an activating group) is 1. The zero-order chi connectivity index (χ0) is 13.0. The van der Waals surface area contributed by atoms with Crippen molar-refractivity contribution < 1.29 is 9.59 Å². The van der Waals surface area contributed by atoms with Gasteiger partial charge in [0.05, 0.1) is 4.91 Å². The third-order valence-corrected chi connectivity index (χ3v) is 3.45. The number of benzene rings is 1. The van der Waals surface area contributed by atoms with Crippen LogP contribution < -0.4 is 0 Å². The minimum atomic E-state index is -0.204. The molecule has 2 rings (SSSR count). The van der Waals surface area contributed by atoms with Gasteiger partial charge < -0.3 is 0 Å². The summed E-state index contributed by atoms with van der Waals surface area (Å²) in [5.74, 6) is -0.204. The Hall–Kier alpha value is -1.81. The van der Waals surface area contributed by atoms with E-state index in [0.29, 0.717) is 11.4 Å². The van der Waals surface area contributed by atoms with Gasteiger partial charge in [0.2, 0.25) is 0 Å². The molecular formula is C14H13NO2S. The third kappa shape index (κ3) is 2.71. The van der Waals surface area contributed by atoms with Crippen LogP contribution >= 0.6 is 11.8 Å². The van der Waals surface area contributed by atoms with Gasteiger partial charge in [-0.05, 0) is 30.3 Å². The van der Waals surface area contributed by atoms with E-state index in [1.54, 1.807) is 19.1 Å². The molecule has 1 fully saturated rings. The van der Waals surface area contributed by atoms with E-state index in [9.17, 15) is 9.59 Å². The summed E-state index contributed by atoms with van der Waals surface area (Å²) in [4.78, 5) is 25.0. The molecule has 0 bridgehead atoms. The lowest BCUT2D eigenvalue weighted by molar-refractivity contribution is -0.122. The van der Waals surface area contributed by atoms with Gasteiger partial charge in [-0.25, -0.2) is 0 Å². The van der Waals surface area contributed by atoms with Crippen molar-refractivity contribution in [2.24, 2.45) is 0 Å². The lowest BCUT2D eigenvalue weighted by Crippen LogP contribution is -2.27. The number of hydrogen-bond donors (Lipinski definition) is 0. The Morgan fingerprint density at radius 3 is 2.56 bits per heavy atom. The first-order chi connectivity index (χ1) is 8.72. The Bertz CT molecular complexity index is 520. The van der Waals surface area contributed by atoms with Crippen molar-refractivity contribution in [1.82, 2.24) is 4.90 Å². The molecule has 4 heteroatoms. The Morgan fingerprint density at radius 1 is 1.22 bits per heavy atom. The zero-order valence-electron chi connectivity index (χ0n) is 10.00. The average molecular weight is 259 g/mol. The number of hydrogen-bond acceptors (Lipinski definition) is 3. The Balaban J connectivity index is 2.09. The van der Waals surface area contributed by atoms with E-state index in [4.69, 9.17) is 0 Å². The van der Waals surface area contributed by atoms with Crippen LogP contribution in [-0.4, -0.2) is 22.6 Å². The van der Waals surface area contributed by atoms with Crippen molar-refractivity contribution in [1.29, 1.82) is 0 Å². The van der Waals surface area contributed by atoms with Gasteiger partial charge in [-0.15, -0.1) is 0 Å². The maximum Gasteiger partial charge on any atom is 0.293 e. The van der Waals surface area contributed by atoms with Crippen molar-refractivity contribution >= 4 is 29.0 Å². The van der Waals surface area contributed by atoms with E-state index < -0.39 is 0 Å². The number of carbonyl (C=O) groups is 2. The molecule has 0 atom stereocenters. The molecule has 18 heavy (non-hydrogen) atoms. The molecule has 1 heterocycles. The van der Waals surface area contributed by atoms with Crippen LogP contribution in [0.2, 0.25) is 0 Å². The molecule has 1 saturated heterocycles. The summed E-state index contributed by atoms with van der Waals surface area (Å²) >= 11 is 0.989. The summed E-state index contributed by atoms with van der Waals surface area (Å²) in [5.41, 5.74) is 1.06. The summed E-state index contributed by atoms with van der Waals surface area (Å²) in [5, 5.41) is -0.193. The number of nitrogens with zero attached hydrogens (tertiary/aromatic N) is 1. The lowest BCUT2D eigenvalue weighted by atomic mass is 10.2. The topological polar surface area (TPSA) is 37.4 Å². The second kappa shape index (κ2) is 5.69. The summed E-state index contributed by atoms with van der Waals surface area (Å²) in [7, 11) is 0. The van der Waals surface area contributed by atoms with Gasteiger partial charge in [0.25, 0.3) is 11.1 Å². The second-order valence-corrected chi connectivity index (χ2v) is 4.71. The van der Waals surface area contributed by atoms with Crippen LogP contribution in [-0.2, 0) is 4.79 Å². The molecule has 0 aromatic heterocycles. The summed E-state index contributed by atoms with van der Waals surface area (Å²) in [6, 6.07) is 9.80. The Labute approximate surface area is 110 Å². The van der Waals surface area contributed by atoms with Gasteiger partial charge in [0.15, 0.2) is 0 Å². The van der Waals surface area contributed by atoms with Crippen molar-refractivity contribution in [3.8, 4) is 0 Å². The van der Waals surface area contributed by atoms with Crippen LogP contribution in [0.5, 0.6) is 0 Å². The van der Waals surface area contributed by atoms with Crippen LogP contribution in [0.3, 0.4) is 0 Å². The van der Waals surface area contributed by atoms with Crippen LogP contribution in [0.1, 0.15) is 12.5 Å². The minimum absolute atomic E-state index is 0.193. The van der Waals surface area contributed by atoms with Crippen molar-refractivity contribution in [2.75, 3.05) is 6.54 Å². The average Bonchev–Trinajstić information content (AvgIpc) is 2.65. The quantitative estimate of drug-likeness (QED) is 0.782. The highest BCUT2D eigenvalue weighted by Crippen LogP contribution is 2.30. The molecule has 92 valence electrons. The molecule has 0 saturated carbocycles. The standard InChI is InChI=1S/C14H13NO2S/c1-2-15-13(16)12(18-14(15)17)10-6-9-11-7-4-3-5-8-11/h3-10H,2H2,1H3. The van der Waals surface area contributed by atoms with Gasteiger partial charge in [-0.1, -0.05) is 42.5 Å². The molecule has 2 amide bonds. The van der Waals surface area contributed by atoms with E-state index in [1.807, 2.05) is 36.4 Å². The number of amides is 2. The van der Waals surface area contributed by atoms with Crippen LogP contribution in [0.4, 0.5) is 4.79 Å². The maximum absolute atomic E-state index is 11.8. The van der Waals surface area contributed by atoms with Crippen molar-refractivity contribution in [3.63, 3.8) is 0 Å². The molecule has 0 radical (unpaired) electrons. The highest BCUT2D eigenvalue weighted by atomic mass is 32.2. The molecule has 3 nitrogen and oxygen atoms in total. The number of imide groups is 1. The molecule has 1 aliphatic heterocycles. The van der Waals surface area contributed by atoms with E-state index in [1.165, 1.54) is 4.90 Å². The van der Waals surface area contributed by atoms with Crippen LogP contribution in [0, 0.1) is 0 Å². The van der Waals surface area contributed by atoms with Gasteiger partial charge >= 0.3 is 0 Å². The Kier molecular flexibility index (Phi) is 3.99. The van der Waals surface area contributed by atoms with Crippen LogP contribution in [0.25, 0.3) is 6.08 Å². The molecule has 0 spiro atoms. The predicted molar refractivity (Wildman–Crippen MR) is 73.9 cm³/mol. The normalized spacial score (nSPS) is 18.3. The first-order valence-corrected chi connectivity index (χ1v) is 6.51. The number of allylic oxidation sites excluding steroid dienone is 2. The fourth-order valence-corrected chi connectivity index (χ4v) is 2.45. The fraction of sp³-hybridized carbons (Fsp3) is 0.143. The summed E-state index contributed by atoms with van der Waals surface area (Å²) in [6.07, 6.45) is 5.38. The van der Waals surface area contributed by atoms with Crippen molar-refractivity contribution in [2.45, 2.75) is 6.92 Å². The first-order valence-electron chi connectivity index (χ1n) is 5.69.